The van der Waals surface area contributed by atoms with E-state index in [0.29, 0.717) is 5.41 Å². The Hall–Kier alpha value is -0.450. The van der Waals surface area contributed by atoms with Crippen molar-refractivity contribution in [3.8, 4) is 0 Å². The molecule has 1 aliphatic carbocycles. The average molecular weight is 308 g/mol. The van der Waals surface area contributed by atoms with Gasteiger partial charge in [-0.25, -0.2) is 4.98 Å². The molecule has 0 radical (unpaired) electrons. The van der Waals surface area contributed by atoms with E-state index in [1.54, 1.807) is 0 Å². The first-order valence-corrected chi connectivity index (χ1v) is 9.50. The third-order valence-corrected chi connectivity index (χ3v) is 6.42. The van der Waals surface area contributed by atoms with E-state index in [2.05, 4.69) is 29.4 Å². The highest BCUT2D eigenvalue weighted by Gasteiger charge is 2.31. The average Bonchev–Trinajstić information content (AvgIpc) is 3.26. The fraction of sp³-hybridized carbons (Fsp3) is 0.824. The van der Waals surface area contributed by atoms with E-state index < -0.39 is 0 Å². The van der Waals surface area contributed by atoms with E-state index in [-0.39, 0.29) is 0 Å². The van der Waals surface area contributed by atoms with Crippen molar-refractivity contribution < 1.29 is 0 Å². The van der Waals surface area contributed by atoms with E-state index in [1.165, 1.54) is 62.3 Å². The second kappa shape index (κ2) is 6.76. The van der Waals surface area contributed by atoms with Crippen molar-refractivity contribution in [1.82, 2.24) is 15.2 Å². The second-order valence-corrected chi connectivity index (χ2v) is 7.81. The summed E-state index contributed by atoms with van der Waals surface area (Å²) in [5.41, 5.74) is 1.89. The van der Waals surface area contributed by atoms with Gasteiger partial charge in [0.15, 0.2) is 0 Å². The van der Waals surface area contributed by atoms with Gasteiger partial charge in [-0.2, -0.15) is 0 Å². The van der Waals surface area contributed by atoms with Crippen LogP contribution in [0.3, 0.4) is 0 Å². The van der Waals surface area contributed by atoms with Crippen molar-refractivity contribution in [3.63, 3.8) is 0 Å². The molecule has 0 atom stereocenters. The third-order valence-electron chi connectivity index (χ3n) is 5.52. The summed E-state index contributed by atoms with van der Waals surface area (Å²) in [5.74, 6) is 0. The van der Waals surface area contributed by atoms with Crippen LogP contribution in [0.1, 0.15) is 63.1 Å². The maximum absolute atomic E-state index is 4.80. The van der Waals surface area contributed by atoms with Crippen LogP contribution >= 0.6 is 11.3 Å². The molecule has 2 heterocycles. The fourth-order valence-corrected chi connectivity index (χ4v) is 4.13. The van der Waals surface area contributed by atoms with E-state index >= 15 is 0 Å². The zero-order chi connectivity index (χ0) is 14.7. The Morgan fingerprint density at radius 2 is 2.00 bits per heavy atom. The van der Waals surface area contributed by atoms with Gasteiger partial charge < -0.3 is 5.32 Å². The lowest BCUT2D eigenvalue weighted by atomic mass is 9.74. The summed E-state index contributed by atoms with van der Waals surface area (Å²) in [5, 5.41) is 7.06. The number of piperidine rings is 1. The molecule has 4 heteroatoms. The molecule has 3 nitrogen and oxygen atoms in total. The molecule has 1 saturated heterocycles. The highest BCUT2D eigenvalue weighted by molar-refractivity contribution is 7.09. The molecule has 0 aromatic carbocycles. The number of likely N-dealkylation sites (tertiary alicyclic amines) is 1. The van der Waals surface area contributed by atoms with Crippen LogP contribution in [0.5, 0.6) is 0 Å². The lowest BCUT2D eigenvalue weighted by Gasteiger charge is -2.40. The summed E-state index contributed by atoms with van der Waals surface area (Å²) < 4.78 is 0. The monoisotopic (exact) mass is 307 g/mol. The molecule has 0 unspecified atom stereocenters. The molecule has 1 saturated carbocycles. The molecule has 2 fully saturated rings. The van der Waals surface area contributed by atoms with Gasteiger partial charge in [0.1, 0.15) is 5.01 Å². The Kier molecular flexibility index (Phi) is 4.97. The van der Waals surface area contributed by atoms with Crippen LogP contribution in [0, 0.1) is 5.41 Å². The largest absolute Gasteiger partial charge is 0.308 e. The Morgan fingerprint density at radius 3 is 2.62 bits per heavy atom. The molecule has 1 aliphatic heterocycles. The molecule has 1 aromatic rings. The van der Waals surface area contributed by atoms with E-state index in [1.807, 2.05) is 11.3 Å². The predicted molar refractivity (Wildman–Crippen MR) is 89.5 cm³/mol. The van der Waals surface area contributed by atoms with Gasteiger partial charge in [0.2, 0.25) is 0 Å². The molecule has 21 heavy (non-hydrogen) atoms. The van der Waals surface area contributed by atoms with Gasteiger partial charge in [0, 0.05) is 24.5 Å². The Bertz CT molecular complexity index is 439. The molecular weight excluding hydrogens is 278 g/mol. The summed E-state index contributed by atoms with van der Waals surface area (Å²) in [6, 6.07) is 0.774. The van der Waals surface area contributed by atoms with Crippen LogP contribution in [0.4, 0.5) is 0 Å². The van der Waals surface area contributed by atoms with Crippen LogP contribution in [0.15, 0.2) is 5.38 Å². The van der Waals surface area contributed by atoms with Crippen LogP contribution in [-0.2, 0) is 13.1 Å². The normalized spacial score (nSPS) is 22.6. The van der Waals surface area contributed by atoms with Gasteiger partial charge in [-0.3, -0.25) is 4.90 Å². The molecule has 0 bridgehead atoms. The van der Waals surface area contributed by atoms with Gasteiger partial charge in [-0.05, 0) is 44.2 Å². The van der Waals surface area contributed by atoms with Crippen LogP contribution < -0.4 is 5.32 Å². The van der Waals surface area contributed by atoms with Crippen molar-refractivity contribution in [3.05, 3.63) is 16.1 Å². The first-order chi connectivity index (χ1) is 10.2. The van der Waals surface area contributed by atoms with Crippen molar-refractivity contribution >= 4 is 11.3 Å². The highest BCUT2D eigenvalue weighted by Crippen LogP contribution is 2.38. The first kappa shape index (κ1) is 15.4. The number of nitrogens with one attached hydrogen (secondary N) is 1. The maximum Gasteiger partial charge on any atom is 0.107 e. The molecule has 1 aromatic heterocycles. The Morgan fingerprint density at radius 1 is 1.29 bits per heavy atom. The lowest BCUT2D eigenvalue weighted by molar-refractivity contribution is 0.0902. The van der Waals surface area contributed by atoms with E-state index in [9.17, 15) is 0 Å². The minimum absolute atomic E-state index is 0.623. The fourth-order valence-electron chi connectivity index (χ4n) is 3.39. The second-order valence-electron chi connectivity index (χ2n) is 6.87. The van der Waals surface area contributed by atoms with Crippen molar-refractivity contribution in [1.29, 1.82) is 0 Å². The molecule has 3 rings (SSSR count). The van der Waals surface area contributed by atoms with Crippen LogP contribution in [0.2, 0.25) is 0 Å². The van der Waals surface area contributed by atoms with Gasteiger partial charge in [-0.1, -0.05) is 26.7 Å². The molecule has 2 aliphatic rings. The number of aromatic nitrogens is 1. The van der Waals surface area contributed by atoms with Crippen molar-refractivity contribution in [2.45, 2.75) is 71.5 Å². The smallest absolute Gasteiger partial charge is 0.107 e. The quantitative estimate of drug-likeness (QED) is 0.830. The molecule has 118 valence electrons. The molecular formula is C17H29N3S. The predicted octanol–water partition coefficient (Wildman–Crippen LogP) is 3.80. The summed E-state index contributed by atoms with van der Waals surface area (Å²) in [6.45, 7) is 9.22. The number of thiazole rings is 1. The van der Waals surface area contributed by atoms with Crippen molar-refractivity contribution in [2.75, 3.05) is 13.1 Å². The summed E-state index contributed by atoms with van der Waals surface area (Å²) in [6.07, 6.45) is 8.10. The van der Waals surface area contributed by atoms with Crippen LogP contribution in [-0.4, -0.2) is 29.0 Å². The standard InChI is InChI=1S/C17H29N3S/c1-3-17(4-2)7-9-20(10-8-17)12-15-13-21-16(19-15)11-18-14-5-6-14/h13-14,18H,3-12H2,1-2H3. The summed E-state index contributed by atoms with van der Waals surface area (Å²) in [7, 11) is 0. The zero-order valence-corrected chi connectivity index (χ0v) is 14.3. The van der Waals surface area contributed by atoms with Gasteiger partial charge in [0.25, 0.3) is 0 Å². The molecule has 1 N–H and O–H groups in total. The topological polar surface area (TPSA) is 28.2 Å². The summed E-state index contributed by atoms with van der Waals surface area (Å²) >= 11 is 1.82. The zero-order valence-electron chi connectivity index (χ0n) is 13.5. The van der Waals surface area contributed by atoms with E-state index in [4.69, 9.17) is 4.98 Å². The minimum atomic E-state index is 0.623. The first-order valence-electron chi connectivity index (χ1n) is 8.62. The lowest BCUT2D eigenvalue weighted by Crippen LogP contribution is -2.39. The van der Waals surface area contributed by atoms with Crippen LogP contribution in [0.25, 0.3) is 0 Å². The molecule has 0 spiro atoms. The third kappa shape index (κ3) is 4.05. The number of hydrogen-bond donors (Lipinski definition) is 1. The maximum atomic E-state index is 4.80. The van der Waals surface area contributed by atoms with Gasteiger partial charge in [0.05, 0.1) is 5.69 Å². The minimum Gasteiger partial charge on any atom is -0.308 e. The highest BCUT2D eigenvalue weighted by atomic mass is 32.1. The van der Waals surface area contributed by atoms with E-state index in [0.717, 1.165) is 19.1 Å². The Labute approximate surface area is 133 Å². The summed E-state index contributed by atoms with van der Waals surface area (Å²) in [4.78, 5) is 7.39. The number of rotatable bonds is 7. The van der Waals surface area contributed by atoms with Crippen molar-refractivity contribution in [2.24, 2.45) is 5.41 Å². The number of nitrogens with zero attached hydrogens (tertiary/aromatic N) is 2. The van der Waals surface area contributed by atoms with Gasteiger partial charge >= 0.3 is 0 Å². The van der Waals surface area contributed by atoms with Gasteiger partial charge in [-0.15, -0.1) is 11.3 Å². The Balaban J connectivity index is 1.46. The SMILES string of the molecule is CCC1(CC)CCN(Cc2csc(CNC3CC3)n2)CC1. The number of hydrogen-bond acceptors (Lipinski definition) is 4. The molecule has 0 amide bonds.